The van der Waals surface area contributed by atoms with Crippen molar-refractivity contribution in [1.82, 2.24) is 0 Å². The minimum absolute atomic E-state index is 0.298. The average molecular weight is 239 g/mol. The second-order valence-electron chi connectivity index (χ2n) is 3.95. The van der Waals surface area contributed by atoms with Gasteiger partial charge in [0.2, 0.25) is 6.54 Å². The van der Waals surface area contributed by atoms with Crippen molar-refractivity contribution in [2.45, 2.75) is 18.9 Å². The van der Waals surface area contributed by atoms with Gasteiger partial charge < -0.3 is 4.74 Å². The summed E-state index contributed by atoms with van der Waals surface area (Å²) in [5.74, 6) is -1.16. The molecule has 0 saturated heterocycles. The van der Waals surface area contributed by atoms with E-state index < -0.39 is 29.3 Å². The monoisotopic (exact) mass is 239 g/mol. The molecule has 1 aliphatic heterocycles. The van der Waals surface area contributed by atoms with Crippen molar-refractivity contribution in [3.8, 4) is 5.75 Å². The number of halogens is 1. The minimum atomic E-state index is -0.891. The first kappa shape index (κ1) is 11.5. The Morgan fingerprint density at radius 2 is 2.29 bits per heavy atom. The average Bonchev–Trinajstić information content (AvgIpc) is 2.56. The quantitative estimate of drug-likeness (QED) is 0.592. The van der Waals surface area contributed by atoms with Gasteiger partial charge in [0, 0.05) is 10.5 Å². The van der Waals surface area contributed by atoms with Gasteiger partial charge in [-0.15, -0.1) is 0 Å². The van der Waals surface area contributed by atoms with Gasteiger partial charge in [0.05, 0.1) is 5.92 Å². The first-order valence-electron chi connectivity index (χ1n) is 5.07. The van der Waals surface area contributed by atoms with E-state index in [0.717, 1.165) is 0 Å². The van der Waals surface area contributed by atoms with Crippen LogP contribution in [0.4, 0.5) is 4.39 Å². The summed E-state index contributed by atoms with van der Waals surface area (Å²) >= 11 is 0. The van der Waals surface area contributed by atoms with Crippen LogP contribution in [0.25, 0.3) is 0 Å². The van der Waals surface area contributed by atoms with Crippen LogP contribution in [0, 0.1) is 15.9 Å². The molecular formula is C11H10FNO4. The molecule has 17 heavy (non-hydrogen) atoms. The van der Waals surface area contributed by atoms with Crippen LogP contribution in [0.2, 0.25) is 0 Å². The van der Waals surface area contributed by atoms with Gasteiger partial charge in [-0.25, -0.2) is 4.39 Å². The number of Topliss-reactive ketones (excluding diaryl/α,β-unsaturated/α-hetero) is 1. The summed E-state index contributed by atoms with van der Waals surface area (Å²) < 4.78 is 18.4. The van der Waals surface area contributed by atoms with Gasteiger partial charge in [0.15, 0.2) is 11.9 Å². The largest absolute Gasteiger partial charge is 0.481 e. The number of benzene rings is 1. The summed E-state index contributed by atoms with van der Waals surface area (Å²) in [7, 11) is 0. The van der Waals surface area contributed by atoms with E-state index >= 15 is 0 Å². The highest BCUT2D eigenvalue weighted by Gasteiger charge is 2.40. The molecule has 2 rings (SSSR count). The van der Waals surface area contributed by atoms with Crippen molar-refractivity contribution in [1.29, 1.82) is 0 Å². The number of rotatable bonds is 3. The lowest BCUT2D eigenvalue weighted by atomic mass is 9.93. The number of ketones is 1. The number of nitro groups is 1. The molecule has 0 amide bonds. The summed E-state index contributed by atoms with van der Waals surface area (Å²) in [5.41, 5.74) is 0.391. The molecule has 0 aromatic heterocycles. The second kappa shape index (κ2) is 4.12. The summed E-state index contributed by atoms with van der Waals surface area (Å²) in [6.07, 6.45) is -0.891. The molecular weight excluding hydrogens is 229 g/mol. The maximum Gasteiger partial charge on any atom is 0.214 e. The Kier molecular flexibility index (Phi) is 2.79. The first-order chi connectivity index (χ1) is 7.99. The van der Waals surface area contributed by atoms with Crippen LogP contribution in [0.15, 0.2) is 18.2 Å². The van der Waals surface area contributed by atoms with Gasteiger partial charge in [-0.3, -0.25) is 14.9 Å². The van der Waals surface area contributed by atoms with Crippen molar-refractivity contribution in [3.05, 3.63) is 39.7 Å². The van der Waals surface area contributed by atoms with Gasteiger partial charge >= 0.3 is 0 Å². The summed E-state index contributed by atoms with van der Waals surface area (Å²) in [4.78, 5) is 21.4. The van der Waals surface area contributed by atoms with Crippen LogP contribution >= 0.6 is 0 Å². The lowest BCUT2D eigenvalue weighted by Crippen LogP contribution is -2.31. The SMILES string of the molecule is CC(=O)[C@@H]1Oc2ccc(F)cc2[C@H]1C[N+](=O)[O-]. The van der Waals surface area contributed by atoms with Crippen LogP contribution in [0.3, 0.4) is 0 Å². The molecule has 5 nitrogen and oxygen atoms in total. The zero-order valence-electron chi connectivity index (χ0n) is 9.05. The number of fused-ring (bicyclic) bond motifs is 1. The highest BCUT2D eigenvalue weighted by atomic mass is 19.1. The molecule has 0 N–H and O–H groups in total. The zero-order chi connectivity index (χ0) is 12.6. The Hall–Kier alpha value is -1.98. The van der Waals surface area contributed by atoms with E-state index in [1.54, 1.807) is 0 Å². The molecule has 1 aromatic rings. The molecule has 0 aliphatic carbocycles. The molecule has 0 radical (unpaired) electrons. The number of hydrogen-bond acceptors (Lipinski definition) is 4. The topological polar surface area (TPSA) is 69.4 Å². The number of ether oxygens (including phenoxy) is 1. The lowest BCUT2D eigenvalue weighted by Gasteiger charge is -2.12. The zero-order valence-corrected chi connectivity index (χ0v) is 9.05. The summed E-state index contributed by atoms with van der Waals surface area (Å²) in [6.45, 7) is 0.862. The van der Waals surface area contributed by atoms with Gasteiger partial charge in [0.1, 0.15) is 11.6 Å². The molecule has 0 saturated carbocycles. The maximum atomic E-state index is 13.1. The van der Waals surface area contributed by atoms with Gasteiger partial charge in [-0.05, 0) is 25.1 Å². The molecule has 1 aliphatic rings. The van der Waals surface area contributed by atoms with Crippen molar-refractivity contribution < 1.29 is 18.8 Å². The Labute approximate surface area is 96.3 Å². The molecule has 0 fully saturated rings. The Morgan fingerprint density at radius 1 is 1.59 bits per heavy atom. The van der Waals surface area contributed by atoms with Crippen LogP contribution in [0.5, 0.6) is 5.75 Å². The van der Waals surface area contributed by atoms with E-state index in [1.807, 2.05) is 0 Å². The number of hydrogen-bond donors (Lipinski definition) is 0. The Balaban J connectivity index is 2.40. The predicted octanol–water partition coefficient (Wildman–Crippen LogP) is 1.54. The van der Waals surface area contributed by atoms with Crippen LogP contribution in [0.1, 0.15) is 18.4 Å². The first-order valence-corrected chi connectivity index (χ1v) is 5.07. The van der Waals surface area contributed by atoms with Gasteiger partial charge in [0.25, 0.3) is 0 Å². The van der Waals surface area contributed by atoms with Gasteiger partial charge in [-0.2, -0.15) is 0 Å². The third-order valence-corrected chi connectivity index (χ3v) is 2.74. The Morgan fingerprint density at radius 3 is 2.88 bits per heavy atom. The molecule has 2 atom stereocenters. The second-order valence-corrected chi connectivity index (χ2v) is 3.95. The molecule has 1 heterocycles. The molecule has 90 valence electrons. The van der Waals surface area contributed by atoms with Crippen molar-refractivity contribution in [2.75, 3.05) is 6.54 Å². The minimum Gasteiger partial charge on any atom is -0.481 e. The molecule has 1 aromatic carbocycles. The summed E-state index contributed by atoms with van der Waals surface area (Å²) in [5, 5.41) is 10.6. The summed E-state index contributed by atoms with van der Waals surface area (Å²) in [6, 6.07) is 3.78. The molecule has 0 bridgehead atoms. The fourth-order valence-corrected chi connectivity index (χ4v) is 2.02. The number of carbonyl (C=O) groups excluding carboxylic acids is 1. The maximum absolute atomic E-state index is 13.1. The van der Waals surface area contributed by atoms with E-state index in [9.17, 15) is 19.3 Å². The van der Waals surface area contributed by atoms with E-state index in [2.05, 4.69) is 0 Å². The predicted molar refractivity (Wildman–Crippen MR) is 56.1 cm³/mol. The van der Waals surface area contributed by atoms with E-state index in [0.29, 0.717) is 11.3 Å². The van der Waals surface area contributed by atoms with Crippen molar-refractivity contribution >= 4 is 5.78 Å². The van der Waals surface area contributed by atoms with E-state index in [4.69, 9.17) is 4.74 Å². The highest BCUT2D eigenvalue weighted by molar-refractivity contribution is 5.83. The fraction of sp³-hybridized carbons (Fsp3) is 0.364. The third-order valence-electron chi connectivity index (χ3n) is 2.74. The third kappa shape index (κ3) is 2.11. The Bertz CT molecular complexity index is 488. The standard InChI is InChI=1S/C11H10FNO4/c1-6(14)11-9(5-13(15)16)8-4-7(12)2-3-10(8)17-11/h2-4,9,11H,5H2,1H3/t9-,11+/m1/s1. The molecule has 0 unspecified atom stereocenters. The number of carbonyl (C=O) groups is 1. The fourth-order valence-electron chi connectivity index (χ4n) is 2.02. The van der Waals surface area contributed by atoms with E-state index in [1.165, 1.54) is 25.1 Å². The van der Waals surface area contributed by atoms with Gasteiger partial charge in [-0.1, -0.05) is 0 Å². The highest BCUT2D eigenvalue weighted by Crippen LogP contribution is 2.39. The van der Waals surface area contributed by atoms with Crippen LogP contribution in [-0.2, 0) is 4.79 Å². The lowest BCUT2D eigenvalue weighted by molar-refractivity contribution is -0.484. The van der Waals surface area contributed by atoms with E-state index in [-0.39, 0.29) is 5.78 Å². The van der Waals surface area contributed by atoms with Crippen molar-refractivity contribution in [2.24, 2.45) is 0 Å². The van der Waals surface area contributed by atoms with Crippen LogP contribution < -0.4 is 4.74 Å². The molecule has 6 heteroatoms. The van der Waals surface area contributed by atoms with Crippen LogP contribution in [-0.4, -0.2) is 23.4 Å². The normalized spacial score (nSPS) is 21.8. The van der Waals surface area contributed by atoms with Crippen molar-refractivity contribution in [3.63, 3.8) is 0 Å². The molecule has 0 spiro atoms. The smallest absolute Gasteiger partial charge is 0.214 e. The number of nitrogens with zero attached hydrogens (tertiary/aromatic N) is 1.